The van der Waals surface area contributed by atoms with Crippen LogP contribution in [0.1, 0.15) is 10.4 Å². The SMILES string of the molecule is COC(=O)c1c(Cl)c(N)cc(Cl)c1Cl. The lowest BCUT2D eigenvalue weighted by molar-refractivity contribution is 0.0601. The number of hydrogen-bond donors (Lipinski definition) is 1. The van der Waals surface area contributed by atoms with Gasteiger partial charge in [0.2, 0.25) is 0 Å². The van der Waals surface area contributed by atoms with Crippen molar-refractivity contribution < 1.29 is 9.53 Å². The van der Waals surface area contributed by atoms with E-state index in [1.54, 1.807) is 0 Å². The molecule has 3 nitrogen and oxygen atoms in total. The Morgan fingerprint density at radius 1 is 1.36 bits per heavy atom. The summed E-state index contributed by atoms with van der Waals surface area (Å²) in [7, 11) is 1.21. The van der Waals surface area contributed by atoms with Crippen molar-refractivity contribution in [1.29, 1.82) is 0 Å². The molecule has 0 aliphatic heterocycles. The number of anilines is 1. The molecular weight excluding hydrogens is 248 g/mol. The third-order valence-electron chi connectivity index (χ3n) is 1.57. The molecule has 0 saturated heterocycles. The van der Waals surface area contributed by atoms with Gasteiger partial charge in [0.15, 0.2) is 0 Å². The van der Waals surface area contributed by atoms with Crippen LogP contribution in [0, 0.1) is 0 Å². The van der Waals surface area contributed by atoms with Crippen LogP contribution >= 0.6 is 34.8 Å². The maximum atomic E-state index is 11.3. The Hall–Kier alpha value is -0.640. The number of hydrogen-bond acceptors (Lipinski definition) is 3. The highest BCUT2D eigenvalue weighted by atomic mass is 35.5. The standard InChI is InChI=1S/C8H6Cl3NO2/c1-14-8(13)5-6(10)3(9)2-4(12)7(5)11/h2H,12H2,1H3. The molecule has 0 amide bonds. The summed E-state index contributed by atoms with van der Waals surface area (Å²) >= 11 is 17.3. The first-order valence-corrected chi connectivity index (χ1v) is 4.63. The second-order valence-corrected chi connectivity index (χ2v) is 3.61. The minimum Gasteiger partial charge on any atom is -0.465 e. The number of halogens is 3. The van der Waals surface area contributed by atoms with Crippen molar-refractivity contribution in [1.82, 2.24) is 0 Å². The van der Waals surface area contributed by atoms with Crippen LogP contribution in [-0.4, -0.2) is 13.1 Å². The summed E-state index contributed by atoms with van der Waals surface area (Å²) in [5, 5.41) is 0.248. The average Bonchev–Trinajstić information content (AvgIpc) is 2.15. The highest BCUT2D eigenvalue weighted by molar-refractivity contribution is 6.47. The van der Waals surface area contributed by atoms with E-state index in [0.717, 1.165) is 0 Å². The van der Waals surface area contributed by atoms with Crippen LogP contribution < -0.4 is 5.73 Å². The fourth-order valence-corrected chi connectivity index (χ4v) is 1.62. The van der Waals surface area contributed by atoms with Gasteiger partial charge in [0, 0.05) is 0 Å². The fraction of sp³-hybridized carbons (Fsp3) is 0.125. The minimum atomic E-state index is -0.672. The lowest BCUT2D eigenvalue weighted by atomic mass is 10.2. The number of methoxy groups -OCH3 is 1. The van der Waals surface area contributed by atoms with Crippen LogP contribution in [0.25, 0.3) is 0 Å². The molecule has 14 heavy (non-hydrogen) atoms. The second-order valence-electron chi connectivity index (χ2n) is 2.44. The van der Waals surface area contributed by atoms with Crippen LogP contribution in [0.5, 0.6) is 0 Å². The Labute approximate surface area is 95.7 Å². The Bertz CT molecular complexity index is 366. The van der Waals surface area contributed by atoms with E-state index in [4.69, 9.17) is 40.5 Å². The summed E-state index contributed by atoms with van der Waals surface area (Å²) in [6, 6.07) is 1.37. The minimum absolute atomic E-state index is 0.0131. The summed E-state index contributed by atoms with van der Waals surface area (Å²) in [5.74, 6) is -0.672. The van der Waals surface area contributed by atoms with Crippen LogP contribution in [-0.2, 0) is 4.74 Å². The molecule has 0 unspecified atom stereocenters. The zero-order valence-corrected chi connectivity index (χ0v) is 9.37. The maximum Gasteiger partial charge on any atom is 0.341 e. The molecule has 0 aromatic heterocycles. The number of carbonyl (C=O) groups is 1. The van der Waals surface area contributed by atoms with Gasteiger partial charge in [-0.15, -0.1) is 0 Å². The predicted molar refractivity (Wildman–Crippen MR) is 57.2 cm³/mol. The van der Waals surface area contributed by atoms with E-state index < -0.39 is 5.97 Å². The van der Waals surface area contributed by atoms with Gasteiger partial charge in [-0.25, -0.2) is 4.79 Å². The van der Waals surface area contributed by atoms with Gasteiger partial charge in [0.05, 0.1) is 27.9 Å². The number of nitrogen functional groups attached to an aromatic ring is 1. The molecule has 76 valence electrons. The largest absolute Gasteiger partial charge is 0.465 e. The average molecular weight is 254 g/mol. The fourth-order valence-electron chi connectivity index (χ4n) is 0.905. The Morgan fingerprint density at radius 2 is 1.93 bits per heavy atom. The van der Waals surface area contributed by atoms with E-state index in [-0.39, 0.29) is 26.3 Å². The van der Waals surface area contributed by atoms with E-state index in [2.05, 4.69) is 4.74 Å². The Kier molecular flexibility index (Phi) is 3.48. The summed E-state index contributed by atoms with van der Waals surface area (Å²) in [6.45, 7) is 0. The third-order valence-corrected chi connectivity index (χ3v) is 2.77. The highest BCUT2D eigenvalue weighted by Crippen LogP contribution is 2.36. The number of ether oxygens (including phenoxy) is 1. The predicted octanol–water partition coefficient (Wildman–Crippen LogP) is 3.02. The molecule has 0 fully saturated rings. The first-order chi connectivity index (χ1) is 6.49. The Balaban J connectivity index is 3.47. The van der Waals surface area contributed by atoms with Crippen molar-refractivity contribution in [2.24, 2.45) is 0 Å². The molecular formula is C8H6Cl3NO2. The number of benzene rings is 1. The van der Waals surface area contributed by atoms with Gasteiger partial charge in [0.1, 0.15) is 5.56 Å². The smallest absolute Gasteiger partial charge is 0.341 e. The van der Waals surface area contributed by atoms with E-state index in [1.165, 1.54) is 13.2 Å². The van der Waals surface area contributed by atoms with Gasteiger partial charge in [0.25, 0.3) is 0 Å². The lowest BCUT2D eigenvalue weighted by Crippen LogP contribution is -2.05. The molecule has 0 atom stereocenters. The molecule has 0 aliphatic rings. The van der Waals surface area contributed by atoms with Gasteiger partial charge >= 0.3 is 5.97 Å². The van der Waals surface area contributed by atoms with Crippen LogP contribution in [0.3, 0.4) is 0 Å². The summed E-state index contributed by atoms with van der Waals surface area (Å²) in [4.78, 5) is 11.3. The molecule has 1 aromatic rings. The second kappa shape index (κ2) is 4.26. The molecule has 0 bridgehead atoms. The van der Waals surface area contributed by atoms with Crippen molar-refractivity contribution in [2.45, 2.75) is 0 Å². The van der Waals surface area contributed by atoms with Gasteiger partial charge in [-0.3, -0.25) is 0 Å². The number of carbonyl (C=O) groups excluding carboxylic acids is 1. The van der Waals surface area contributed by atoms with Crippen LogP contribution in [0.4, 0.5) is 5.69 Å². The summed E-state index contributed by atoms with van der Waals surface area (Å²) in [5.41, 5.74) is 5.67. The van der Waals surface area contributed by atoms with Gasteiger partial charge in [-0.1, -0.05) is 34.8 Å². The van der Waals surface area contributed by atoms with Crippen molar-refractivity contribution in [3.63, 3.8) is 0 Å². The van der Waals surface area contributed by atoms with Gasteiger partial charge in [-0.05, 0) is 6.07 Å². The highest BCUT2D eigenvalue weighted by Gasteiger charge is 2.20. The monoisotopic (exact) mass is 253 g/mol. The van der Waals surface area contributed by atoms with Crippen molar-refractivity contribution in [3.8, 4) is 0 Å². The molecule has 1 aromatic carbocycles. The number of rotatable bonds is 1. The zero-order chi connectivity index (χ0) is 10.9. The first-order valence-electron chi connectivity index (χ1n) is 3.50. The van der Waals surface area contributed by atoms with Crippen LogP contribution in [0.15, 0.2) is 6.07 Å². The van der Waals surface area contributed by atoms with E-state index in [1.807, 2.05) is 0 Å². The van der Waals surface area contributed by atoms with Crippen LogP contribution in [0.2, 0.25) is 15.1 Å². The number of nitrogens with two attached hydrogens (primary N) is 1. The van der Waals surface area contributed by atoms with Crippen molar-refractivity contribution in [2.75, 3.05) is 12.8 Å². The molecule has 0 heterocycles. The third kappa shape index (κ3) is 1.90. The van der Waals surface area contributed by atoms with E-state index in [9.17, 15) is 4.79 Å². The van der Waals surface area contributed by atoms with Gasteiger partial charge in [-0.2, -0.15) is 0 Å². The molecule has 2 N–H and O–H groups in total. The molecule has 0 aliphatic carbocycles. The summed E-state index contributed by atoms with van der Waals surface area (Å²) in [6.07, 6.45) is 0. The maximum absolute atomic E-state index is 11.3. The summed E-state index contributed by atoms with van der Waals surface area (Å²) < 4.78 is 4.49. The molecule has 0 radical (unpaired) electrons. The molecule has 0 saturated carbocycles. The normalized spacial score (nSPS) is 10.0. The van der Waals surface area contributed by atoms with E-state index >= 15 is 0 Å². The molecule has 0 spiro atoms. The topological polar surface area (TPSA) is 52.3 Å². The number of esters is 1. The quantitative estimate of drug-likeness (QED) is 0.476. The van der Waals surface area contributed by atoms with E-state index in [0.29, 0.717) is 0 Å². The molecule has 6 heteroatoms. The van der Waals surface area contributed by atoms with Crippen molar-refractivity contribution in [3.05, 3.63) is 26.7 Å². The van der Waals surface area contributed by atoms with Crippen molar-refractivity contribution >= 4 is 46.5 Å². The zero-order valence-electron chi connectivity index (χ0n) is 7.11. The first kappa shape index (κ1) is 11.4. The Morgan fingerprint density at radius 3 is 2.43 bits per heavy atom. The lowest BCUT2D eigenvalue weighted by Gasteiger charge is -2.08. The molecule has 1 rings (SSSR count). The van der Waals surface area contributed by atoms with Gasteiger partial charge < -0.3 is 10.5 Å².